The first kappa shape index (κ1) is 16.9. The molecule has 0 aliphatic heterocycles. The van der Waals surface area contributed by atoms with Crippen molar-refractivity contribution in [3.8, 4) is 0 Å². The van der Waals surface area contributed by atoms with Crippen LogP contribution < -0.4 is 10.6 Å². The van der Waals surface area contributed by atoms with Crippen LogP contribution in [0.15, 0.2) is 65.1 Å². The van der Waals surface area contributed by atoms with Gasteiger partial charge in [0.15, 0.2) is 5.11 Å². The van der Waals surface area contributed by atoms with E-state index in [9.17, 15) is 4.79 Å². The average molecular weight is 420 g/mol. The summed E-state index contributed by atoms with van der Waals surface area (Å²) >= 11 is 14.6. The Morgan fingerprint density at radius 2 is 1.62 bits per heavy atom. The largest absolute Gasteiger partial charge is 0.332 e. The fourth-order valence-electron chi connectivity index (χ4n) is 2.34. The van der Waals surface area contributed by atoms with E-state index in [1.54, 1.807) is 30.3 Å². The Kier molecular flexibility index (Phi) is 5.14. The number of nitrogens with one attached hydrogen (secondary N) is 2. The van der Waals surface area contributed by atoms with Gasteiger partial charge in [0.2, 0.25) is 0 Å². The molecule has 0 saturated heterocycles. The van der Waals surface area contributed by atoms with Gasteiger partial charge in [0.1, 0.15) is 0 Å². The van der Waals surface area contributed by atoms with E-state index < -0.39 is 0 Å². The number of carbonyl (C=O) groups excluding carboxylic acids is 1. The van der Waals surface area contributed by atoms with E-state index in [1.807, 2.05) is 30.3 Å². The third-order valence-corrected chi connectivity index (χ3v) is 4.59. The Bertz CT molecular complexity index is 928. The number of carbonyl (C=O) groups is 1. The molecular formula is C18H12BrClN2OS. The molecule has 3 aromatic rings. The summed E-state index contributed by atoms with van der Waals surface area (Å²) in [5.74, 6) is -0.259. The van der Waals surface area contributed by atoms with Gasteiger partial charge in [0.05, 0.1) is 0 Å². The van der Waals surface area contributed by atoms with Gasteiger partial charge in [-0.25, -0.2) is 0 Å². The van der Waals surface area contributed by atoms with Crippen molar-refractivity contribution in [2.24, 2.45) is 0 Å². The summed E-state index contributed by atoms with van der Waals surface area (Å²) in [6.07, 6.45) is 0. The Hall–Kier alpha value is -1.95. The second kappa shape index (κ2) is 7.30. The van der Waals surface area contributed by atoms with E-state index >= 15 is 0 Å². The van der Waals surface area contributed by atoms with Crippen LogP contribution in [0.5, 0.6) is 0 Å². The maximum atomic E-state index is 12.5. The van der Waals surface area contributed by atoms with Crippen molar-refractivity contribution in [3.63, 3.8) is 0 Å². The number of amides is 1. The highest BCUT2D eigenvalue weighted by Gasteiger charge is 2.12. The summed E-state index contributed by atoms with van der Waals surface area (Å²) in [4.78, 5) is 12.5. The van der Waals surface area contributed by atoms with Gasteiger partial charge in [-0.15, -0.1) is 0 Å². The third kappa shape index (κ3) is 3.75. The third-order valence-electron chi connectivity index (χ3n) is 3.44. The average Bonchev–Trinajstić information content (AvgIpc) is 2.57. The van der Waals surface area contributed by atoms with Gasteiger partial charge in [0.25, 0.3) is 5.91 Å². The second-order valence-corrected chi connectivity index (χ2v) is 6.75. The summed E-state index contributed by atoms with van der Waals surface area (Å²) in [7, 11) is 0. The predicted octanol–water partition coefficient (Wildman–Crippen LogP) is 5.38. The number of anilines is 1. The highest BCUT2D eigenvalue weighted by Crippen LogP contribution is 2.26. The van der Waals surface area contributed by atoms with E-state index in [0.717, 1.165) is 20.9 Å². The van der Waals surface area contributed by atoms with E-state index in [0.29, 0.717) is 10.6 Å². The molecule has 0 fully saturated rings. The van der Waals surface area contributed by atoms with Crippen molar-refractivity contribution in [3.05, 3.63) is 75.7 Å². The van der Waals surface area contributed by atoms with Crippen molar-refractivity contribution in [2.45, 2.75) is 0 Å². The second-order valence-electron chi connectivity index (χ2n) is 5.06. The predicted molar refractivity (Wildman–Crippen MR) is 107 cm³/mol. The zero-order valence-electron chi connectivity index (χ0n) is 12.3. The molecule has 0 aliphatic rings. The smallest absolute Gasteiger partial charge is 0.258 e. The Morgan fingerprint density at radius 1 is 0.958 bits per heavy atom. The lowest BCUT2D eigenvalue weighted by atomic mass is 10.0. The summed E-state index contributed by atoms with van der Waals surface area (Å²) < 4.78 is 0.941. The number of fused-ring (bicyclic) bond motifs is 1. The molecule has 0 heterocycles. The molecule has 3 rings (SSSR count). The standard InChI is InChI=1S/C18H12BrClN2OS/c19-16-6-2-3-13-14(16)4-1-5-15(13)17(23)22-18(24)21-12-9-7-11(20)8-10-12/h1-10H,(H2,21,22,23,24). The van der Waals surface area contributed by atoms with Crippen LogP contribution in [0.2, 0.25) is 5.02 Å². The lowest BCUT2D eigenvalue weighted by Gasteiger charge is -2.11. The quantitative estimate of drug-likeness (QED) is 0.548. The van der Waals surface area contributed by atoms with Gasteiger partial charge in [-0.1, -0.05) is 51.8 Å². The van der Waals surface area contributed by atoms with Crippen LogP contribution in [0.4, 0.5) is 5.69 Å². The van der Waals surface area contributed by atoms with E-state index in [4.69, 9.17) is 23.8 Å². The van der Waals surface area contributed by atoms with Crippen LogP contribution in [0, 0.1) is 0 Å². The zero-order valence-corrected chi connectivity index (χ0v) is 15.5. The van der Waals surface area contributed by atoms with Crippen molar-refractivity contribution in [1.82, 2.24) is 5.32 Å². The van der Waals surface area contributed by atoms with Gasteiger partial charge in [-0.2, -0.15) is 0 Å². The maximum Gasteiger partial charge on any atom is 0.258 e. The number of rotatable bonds is 2. The van der Waals surface area contributed by atoms with Gasteiger partial charge >= 0.3 is 0 Å². The molecule has 0 saturated carbocycles. The molecule has 0 radical (unpaired) electrons. The topological polar surface area (TPSA) is 41.1 Å². The molecule has 3 aromatic carbocycles. The summed E-state index contributed by atoms with van der Waals surface area (Å²) in [6, 6.07) is 18.4. The van der Waals surface area contributed by atoms with E-state index in [-0.39, 0.29) is 11.0 Å². The van der Waals surface area contributed by atoms with Crippen LogP contribution in [-0.2, 0) is 0 Å². The van der Waals surface area contributed by atoms with Crippen molar-refractivity contribution in [2.75, 3.05) is 5.32 Å². The maximum absolute atomic E-state index is 12.5. The lowest BCUT2D eigenvalue weighted by Crippen LogP contribution is -2.34. The molecule has 0 unspecified atom stereocenters. The Labute approximate surface area is 158 Å². The molecule has 0 atom stereocenters. The molecule has 120 valence electrons. The van der Waals surface area contributed by atoms with Gasteiger partial charge in [0, 0.05) is 20.7 Å². The highest BCUT2D eigenvalue weighted by molar-refractivity contribution is 9.10. The summed E-state index contributed by atoms with van der Waals surface area (Å²) in [5.41, 5.74) is 1.32. The SMILES string of the molecule is O=C(NC(=S)Nc1ccc(Cl)cc1)c1cccc2c(Br)cccc12. The number of hydrogen-bond donors (Lipinski definition) is 2. The van der Waals surface area contributed by atoms with Crippen molar-refractivity contribution in [1.29, 1.82) is 0 Å². The van der Waals surface area contributed by atoms with Crippen LogP contribution in [0.1, 0.15) is 10.4 Å². The highest BCUT2D eigenvalue weighted by atomic mass is 79.9. The Morgan fingerprint density at radius 3 is 2.38 bits per heavy atom. The minimum Gasteiger partial charge on any atom is -0.332 e. The van der Waals surface area contributed by atoms with Crippen LogP contribution in [0.3, 0.4) is 0 Å². The first-order valence-corrected chi connectivity index (χ1v) is 8.67. The fraction of sp³-hybridized carbons (Fsp3) is 0. The molecule has 0 aliphatic carbocycles. The molecule has 1 amide bonds. The normalized spacial score (nSPS) is 10.4. The lowest BCUT2D eigenvalue weighted by molar-refractivity contribution is 0.0979. The summed E-state index contributed by atoms with van der Waals surface area (Å²) in [5, 5.41) is 8.37. The number of halogens is 2. The fourth-order valence-corrected chi connectivity index (χ4v) is 3.17. The first-order chi connectivity index (χ1) is 11.5. The number of benzene rings is 3. The number of thiocarbonyl (C=S) groups is 1. The minimum atomic E-state index is -0.259. The monoisotopic (exact) mass is 418 g/mol. The zero-order chi connectivity index (χ0) is 17.1. The molecule has 0 bridgehead atoms. The van der Waals surface area contributed by atoms with Crippen LogP contribution >= 0.6 is 39.7 Å². The van der Waals surface area contributed by atoms with Gasteiger partial charge in [-0.3, -0.25) is 10.1 Å². The minimum absolute atomic E-state index is 0.231. The van der Waals surface area contributed by atoms with Crippen molar-refractivity contribution >= 4 is 67.2 Å². The van der Waals surface area contributed by atoms with Gasteiger partial charge in [-0.05, 0) is 59.4 Å². The number of hydrogen-bond acceptors (Lipinski definition) is 2. The first-order valence-electron chi connectivity index (χ1n) is 7.10. The molecule has 0 aromatic heterocycles. The molecule has 0 spiro atoms. The molecule has 6 heteroatoms. The molecular weight excluding hydrogens is 408 g/mol. The Balaban J connectivity index is 1.79. The molecule has 3 nitrogen and oxygen atoms in total. The van der Waals surface area contributed by atoms with Crippen LogP contribution in [-0.4, -0.2) is 11.0 Å². The van der Waals surface area contributed by atoms with E-state index in [1.165, 1.54) is 0 Å². The summed E-state index contributed by atoms with van der Waals surface area (Å²) in [6.45, 7) is 0. The van der Waals surface area contributed by atoms with Gasteiger partial charge < -0.3 is 5.32 Å². The molecule has 24 heavy (non-hydrogen) atoms. The molecule has 2 N–H and O–H groups in total. The van der Waals surface area contributed by atoms with Crippen molar-refractivity contribution < 1.29 is 4.79 Å². The van der Waals surface area contributed by atoms with Crippen LogP contribution in [0.25, 0.3) is 10.8 Å². The van der Waals surface area contributed by atoms with E-state index in [2.05, 4.69) is 26.6 Å².